The van der Waals surface area contributed by atoms with Gasteiger partial charge >= 0.3 is 0 Å². The van der Waals surface area contributed by atoms with Gasteiger partial charge in [0.25, 0.3) is 0 Å². The summed E-state index contributed by atoms with van der Waals surface area (Å²) in [5.74, 6) is 1.80. The Kier molecular flexibility index (Phi) is 4.29. The van der Waals surface area contributed by atoms with Crippen molar-refractivity contribution < 1.29 is 4.52 Å². The van der Waals surface area contributed by atoms with Gasteiger partial charge in [-0.3, -0.25) is 4.90 Å². The van der Waals surface area contributed by atoms with Gasteiger partial charge in [0.05, 0.1) is 11.7 Å². The van der Waals surface area contributed by atoms with Crippen LogP contribution in [0.5, 0.6) is 0 Å². The quantitative estimate of drug-likeness (QED) is 0.864. The van der Waals surface area contributed by atoms with Crippen LogP contribution in [0.25, 0.3) is 0 Å². The van der Waals surface area contributed by atoms with Gasteiger partial charge in [0, 0.05) is 25.2 Å². The van der Waals surface area contributed by atoms with Crippen molar-refractivity contribution in [1.29, 1.82) is 0 Å². The molecule has 21 heavy (non-hydrogen) atoms. The number of piperidine rings is 1. The molecule has 5 nitrogen and oxygen atoms in total. The summed E-state index contributed by atoms with van der Waals surface area (Å²) in [6, 6.07) is 4.41. The van der Waals surface area contributed by atoms with Crippen LogP contribution in [0.2, 0.25) is 0 Å². The zero-order valence-electron chi connectivity index (χ0n) is 12.7. The fourth-order valence-corrected chi connectivity index (χ4v) is 2.97. The number of likely N-dealkylation sites (tertiary alicyclic amines) is 1. The first kappa shape index (κ1) is 14.2. The summed E-state index contributed by atoms with van der Waals surface area (Å²) in [5.41, 5.74) is 2.14. The molecule has 1 atom stereocenters. The van der Waals surface area contributed by atoms with Crippen molar-refractivity contribution in [3.05, 3.63) is 41.3 Å². The maximum atomic E-state index is 5.25. The molecule has 112 valence electrons. The van der Waals surface area contributed by atoms with E-state index in [1.165, 1.54) is 12.8 Å². The molecule has 0 aliphatic carbocycles. The third kappa shape index (κ3) is 3.29. The van der Waals surface area contributed by atoms with E-state index in [-0.39, 0.29) is 0 Å². The number of rotatable bonds is 4. The predicted octanol–water partition coefficient (Wildman–Crippen LogP) is 3.06. The average Bonchev–Trinajstić information content (AvgIpc) is 2.94. The Hall–Kier alpha value is -1.75. The van der Waals surface area contributed by atoms with Crippen LogP contribution in [0.3, 0.4) is 0 Å². The number of nitrogens with zero attached hydrogens (tertiary/aromatic N) is 4. The molecule has 2 aromatic rings. The summed E-state index contributed by atoms with van der Waals surface area (Å²) in [5, 5.41) is 4.22. The van der Waals surface area contributed by atoms with Gasteiger partial charge in [-0.05, 0) is 32.4 Å². The zero-order chi connectivity index (χ0) is 14.7. The molecule has 1 aliphatic heterocycles. The Bertz CT molecular complexity index is 595. The molecule has 0 radical (unpaired) electrons. The van der Waals surface area contributed by atoms with Crippen molar-refractivity contribution in [1.82, 2.24) is 20.0 Å². The molecule has 0 aromatic carbocycles. The van der Waals surface area contributed by atoms with E-state index >= 15 is 0 Å². The first-order valence-electron chi connectivity index (χ1n) is 7.74. The molecule has 0 amide bonds. The van der Waals surface area contributed by atoms with Gasteiger partial charge in [-0.1, -0.05) is 18.5 Å². The van der Waals surface area contributed by atoms with Crippen LogP contribution in [0.1, 0.15) is 55.2 Å². The monoisotopic (exact) mass is 286 g/mol. The van der Waals surface area contributed by atoms with Crippen LogP contribution in [0, 0.1) is 6.92 Å². The minimum Gasteiger partial charge on any atom is -0.361 e. The molecular formula is C16H22N4O. The maximum absolute atomic E-state index is 5.25. The Morgan fingerprint density at radius 1 is 1.38 bits per heavy atom. The standard InChI is InChI=1S/C16H22N4O/c1-3-16-17-8-7-13(18-16)11-20-9-5-4-6-15(20)14-10-12(2)21-19-14/h7-8,10,15H,3-6,9,11H2,1-2H3/t15-/m1/s1. The lowest BCUT2D eigenvalue weighted by atomic mass is 9.99. The van der Waals surface area contributed by atoms with E-state index in [9.17, 15) is 0 Å². The van der Waals surface area contributed by atoms with Crippen LogP contribution in [-0.4, -0.2) is 26.6 Å². The topological polar surface area (TPSA) is 55.1 Å². The Balaban J connectivity index is 1.77. The molecule has 5 heteroatoms. The van der Waals surface area contributed by atoms with E-state index in [0.29, 0.717) is 6.04 Å². The number of aromatic nitrogens is 3. The van der Waals surface area contributed by atoms with Crippen molar-refractivity contribution >= 4 is 0 Å². The van der Waals surface area contributed by atoms with Crippen molar-refractivity contribution in [3.8, 4) is 0 Å². The molecule has 0 unspecified atom stereocenters. The van der Waals surface area contributed by atoms with Crippen LogP contribution in [0.15, 0.2) is 22.9 Å². The van der Waals surface area contributed by atoms with E-state index in [1.807, 2.05) is 19.2 Å². The fraction of sp³-hybridized carbons (Fsp3) is 0.562. The minimum absolute atomic E-state index is 0.344. The minimum atomic E-state index is 0.344. The highest BCUT2D eigenvalue weighted by molar-refractivity contribution is 5.11. The summed E-state index contributed by atoms with van der Waals surface area (Å²) < 4.78 is 5.25. The first-order chi connectivity index (χ1) is 10.3. The molecule has 0 spiro atoms. The van der Waals surface area contributed by atoms with Gasteiger partial charge in [-0.15, -0.1) is 0 Å². The van der Waals surface area contributed by atoms with Gasteiger partial charge in [-0.25, -0.2) is 9.97 Å². The normalized spacial score (nSPS) is 19.8. The van der Waals surface area contributed by atoms with E-state index < -0.39 is 0 Å². The molecule has 3 rings (SSSR count). The lowest BCUT2D eigenvalue weighted by Crippen LogP contribution is -2.33. The smallest absolute Gasteiger partial charge is 0.133 e. The largest absolute Gasteiger partial charge is 0.361 e. The molecule has 1 fully saturated rings. The van der Waals surface area contributed by atoms with Crippen molar-refractivity contribution in [2.24, 2.45) is 0 Å². The van der Waals surface area contributed by atoms with Gasteiger partial charge in [0.15, 0.2) is 0 Å². The molecule has 3 heterocycles. The number of aryl methyl sites for hydroxylation is 2. The van der Waals surface area contributed by atoms with Gasteiger partial charge in [-0.2, -0.15) is 0 Å². The highest BCUT2D eigenvalue weighted by Gasteiger charge is 2.26. The second-order valence-electron chi connectivity index (χ2n) is 5.66. The Morgan fingerprint density at radius 3 is 3.05 bits per heavy atom. The zero-order valence-corrected chi connectivity index (χ0v) is 12.7. The van der Waals surface area contributed by atoms with Gasteiger partial charge in [0.2, 0.25) is 0 Å². The Morgan fingerprint density at radius 2 is 2.29 bits per heavy atom. The van der Waals surface area contributed by atoms with E-state index in [0.717, 1.165) is 48.9 Å². The highest BCUT2D eigenvalue weighted by Crippen LogP contribution is 2.31. The van der Waals surface area contributed by atoms with Crippen molar-refractivity contribution in [2.75, 3.05) is 6.54 Å². The summed E-state index contributed by atoms with van der Waals surface area (Å²) in [7, 11) is 0. The fourth-order valence-electron chi connectivity index (χ4n) is 2.97. The van der Waals surface area contributed by atoms with E-state index in [1.54, 1.807) is 0 Å². The molecule has 1 saturated heterocycles. The second kappa shape index (κ2) is 6.35. The van der Waals surface area contributed by atoms with Crippen LogP contribution >= 0.6 is 0 Å². The van der Waals surface area contributed by atoms with Gasteiger partial charge < -0.3 is 4.52 Å². The number of hydrogen-bond donors (Lipinski definition) is 0. The summed E-state index contributed by atoms with van der Waals surface area (Å²) in [6.07, 6.45) is 6.36. The molecule has 0 bridgehead atoms. The lowest BCUT2D eigenvalue weighted by molar-refractivity contribution is 0.132. The predicted molar refractivity (Wildman–Crippen MR) is 79.7 cm³/mol. The summed E-state index contributed by atoms with van der Waals surface area (Å²) in [4.78, 5) is 11.4. The second-order valence-corrected chi connectivity index (χ2v) is 5.66. The third-order valence-electron chi connectivity index (χ3n) is 4.05. The maximum Gasteiger partial charge on any atom is 0.133 e. The Labute approximate surface area is 125 Å². The summed E-state index contributed by atoms with van der Waals surface area (Å²) >= 11 is 0. The molecule has 1 aliphatic rings. The van der Waals surface area contributed by atoms with Crippen molar-refractivity contribution in [3.63, 3.8) is 0 Å². The molecule has 0 saturated carbocycles. The van der Waals surface area contributed by atoms with E-state index in [2.05, 4.69) is 33.0 Å². The first-order valence-corrected chi connectivity index (χ1v) is 7.74. The molecule has 2 aromatic heterocycles. The lowest BCUT2D eigenvalue weighted by Gasteiger charge is -2.34. The van der Waals surface area contributed by atoms with Crippen LogP contribution in [0.4, 0.5) is 0 Å². The van der Waals surface area contributed by atoms with Crippen molar-refractivity contribution in [2.45, 2.75) is 52.1 Å². The van der Waals surface area contributed by atoms with Crippen LogP contribution in [-0.2, 0) is 13.0 Å². The molecular weight excluding hydrogens is 264 g/mol. The SMILES string of the molecule is CCc1nccc(CN2CCCC[C@@H]2c2cc(C)on2)n1. The van der Waals surface area contributed by atoms with E-state index in [4.69, 9.17) is 4.52 Å². The molecule has 0 N–H and O–H groups in total. The van der Waals surface area contributed by atoms with Gasteiger partial charge in [0.1, 0.15) is 17.3 Å². The van der Waals surface area contributed by atoms with Crippen LogP contribution < -0.4 is 0 Å². The third-order valence-corrected chi connectivity index (χ3v) is 4.05. The highest BCUT2D eigenvalue weighted by atomic mass is 16.5. The average molecular weight is 286 g/mol. The summed E-state index contributed by atoms with van der Waals surface area (Å²) in [6.45, 7) is 5.97. The number of hydrogen-bond acceptors (Lipinski definition) is 5.